The number of benzene rings is 1. The second-order valence-electron chi connectivity index (χ2n) is 4.89. The lowest BCUT2D eigenvalue weighted by Gasteiger charge is -2.32. The van der Waals surface area contributed by atoms with Crippen LogP contribution in [0.5, 0.6) is 0 Å². The lowest BCUT2D eigenvalue weighted by molar-refractivity contribution is -0.135. The Hall–Kier alpha value is -1.42. The fraction of sp³-hybridized carbons (Fsp3) is 0.400. The third-order valence-electron chi connectivity index (χ3n) is 3.55. The van der Waals surface area contributed by atoms with Crippen LogP contribution >= 0.6 is 22.6 Å². The molecule has 0 saturated carbocycles. The largest absolute Gasteiger partial charge is 0.311 e. The Labute approximate surface area is 131 Å². The van der Waals surface area contributed by atoms with Crippen molar-refractivity contribution in [1.82, 2.24) is 0 Å². The Morgan fingerprint density at radius 3 is 2.85 bits per heavy atom. The van der Waals surface area contributed by atoms with Crippen LogP contribution in [0.25, 0.3) is 0 Å². The van der Waals surface area contributed by atoms with E-state index in [9.17, 15) is 9.59 Å². The molecule has 1 saturated heterocycles. The Morgan fingerprint density at radius 1 is 1.50 bits per heavy atom. The molecule has 20 heavy (non-hydrogen) atoms. The lowest BCUT2D eigenvalue weighted by Crippen LogP contribution is -2.45. The van der Waals surface area contributed by atoms with Gasteiger partial charge < -0.3 is 4.90 Å². The molecule has 2 atom stereocenters. The predicted octanol–water partition coefficient (Wildman–Crippen LogP) is 2.76. The number of hydrogen-bond acceptors (Lipinski definition) is 3. The summed E-state index contributed by atoms with van der Waals surface area (Å²) in [6.07, 6.45) is 1.33. The van der Waals surface area contributed by atoms with Crippen molar-refractivity contribution in [1.29, 1.82) is 5.26 Å². The number of carbonyl (C=O) groups excluding carboxylic acids is 2. The highest BCUT2D eigenvalue weighted by molar-refractivity contribution is 14.1. The van der Waals surface area contributed by atoms with E-state index in [4.69, 9.17) is 5.26 Å². The molecule has 0 aromatic heterocycles. The molecule has 1 aliphatic heterocycles. The van der Waals surface area contributed by atoms with Gasteiger partial charge in [0.1, 0.15) is 5.92 Å². The molecule has 104 valence electrons. The molecule has 1 aliphatic rings. The number of anilines is 1. The molecule has 0 aliphatic carbocycles. The number of halogens is 1. The molecular weight excluding hydrogens is 367 g/mol. The Kier molecular flexibility index (Phi) is 4.76. The third kappa shape index (κ3) is 2.85. The molecular formula is C15H15IN2O2. The van der Waals surface area contributed by atoms with Gasteiger partial charge in [-0.2, -0.15) is 5.26 Å². The topological polar surface area (TPSA) is 61.2 Å². The molecule has 0 radical (unpaired) electrons. The number of para-hydroxylation sites is 1. The maximum absolute atomic E-state index is 12.5. The van der Waals surface area contributed by atoms with Crippen molar-refractivity contribution in [3.05, 3.63) is 27.8 Å². The summed E-state index contributed by atoms with van der Waals surface area (Å²) >= 11 is 2.19. The monoisotopic (exact) mass is 382 g/mol. The van der Waals surface area contributed by atoms with Gasteiger partial charge in [-0.3, -0.25) is 9.59 Å². The molecule has 0 bridgehead atoms. The Morgan fingerprint density at radius 2 is 2.20 bits per heavy atom. The van der Waals surface area contributed by atoms with Gasteiger partial charge in [-0.25, -0.2) is 0 Å². The predicted molar refractivity (Wildman–Crippen MR) is 84.0 cm³/mol. The molecule has 4 nitrogen and oxygen atoms in total. The van der Waals surface area contributed by atoms with E-state index in [0.29, 0.717) is 13.0 Å². The lowest BCUT2D eigenvalue weighted by atomic mass is 9.87. The smallest absolute Gasteiger partial charge is 0.237 e. The third-order valence-corrected chi connectivity index (χ3v) is 4.46. The minimum atomic E-state index is -0.723. The first-order valence-corrected chi connectivity index (χ1v) is 7.63. The molecule has 5 heteroatoms. The van der Waals surface area contributed by atoms with E-state index in [1.807, 2.05) is 30.3 Å². The number of amides is 1. The summed E-state index contributed by atoms with van der Waals surface area (Å²) in [6, 6.07) is 9.55. The number of piperidine rings is 1. The second kappa shape index (κ2) is 6.35. The quantitative estimate of drug-likeness (QED) is 0.597. The van der Waals surface area contributed by atoms with Crippen LogP contribution in [-0.4, -0.2) is 18.2 Å². The first kappa shape index (κ1) is 15.0. The molecule has 2 rings (SSSR count). The van der Waals surface area contributed by atoms with E-state index in [1.54, 1.807) is 11.8 Å². The highest BCUT2D eigenvalue weighted by atomic mass is 127. The molecule has 1 aromatic rings. The van der Waals surface area contributed by atoms with Crippen molar-refractivity contribution in [3.63, 3.8) is 0 Å². The van der Waals surface area contributed by atoms with Crippen molar-refractivity contribution in [2.24, 2.45) is 11.8 Å². The van der Waals surface area contributed by atoms with Gasteiger partial charge >= 0.3 is 0 Å². The van der Waals surface area contributed by atoms with Crippen molar-refractivity contribution < 1.29 is 9.59 Å². The molecule has 1 heterocycles. The molecule has 0 N–H and O–H groups in total. The van der Waals surface area contributed by atoms with Gasteiger partial charge in [0, 0.05) is 10.1 Å². The van der Waals surface area contributed by atoms with Crippen LogP contribution in [0, 0.1) is 26.7 Å². The molecule has 0 spiro atoms. The van der Waals surface area contributed by atoms with Crippen LogP contribution in [0.4, 0.5) is 5.69 Å². The van der Waals surface area contributed by atoms with Crippen molar-refractivity contribution in [2.45, 2.75) is 19.8 Å². The zero-order valence-corrected chi connectivity index (χ0v) is 13.3. The van der Waals surface area contributed by atoms with Crippen LogP contribution in [0.1, 0.15) is 19.8 Å². The highest BCUT2D eigenvalue weighted by Crippen LogP contribution is 2.29. The van der Waals surface area contributed by atoms with E-state index in [1.165, 1.54) is 0 Å². The number of rotatable bonds is 3. The zero-order valence-electron chi connectivity index (χ0n) is 11.2. The van der Waals surface area contributed by atoms with Crippen molar-refractivity contribution in [3.8, 4) is 6.07 Å². The van der Waals surface area contributed by atoms with Crippen LogP contribution in [0.3, 0.4) is 0 Å². The zero-order chi connectivity index (χ0) is 14.7. The van der Waals surface area contributed by atoms with Crippen molar-refractivity contribution in [2.75, 3.05) is 11.4 Å². The Bertz CT molecular complexity index is 579. The van der Waals surface area contributed by atoms with Gasteiger partial charge in [-0.1, -0.05) is 12.1 Å². The first-order chi connectivity index (χ1) is 9.56. The molecule has 0 unspecified atom stereocenters. The average Bonchev–Trinajstić information content (AvgIpc) is 2.47. The number of Topliss-reactive ketones (excluding diaryl/α,β-unsaturated/α-hetero) is 1. The van der Waals surface area contributed by atoms with Crippen LogP contribution in [0.15, 0.2) is 24.3 Å². The summed E-state index contributed by atoms with van der Waals surface area (Å²) in [5.74, 6) is -1.83. The van der Waals surface area contributed by atoms with E-state index in [0.717, 1.165) is 15.7 Å². The summed E-state index contributed by atoms with van der Waals surface area (Å²) in [6.45, 7) is 2.18. The number of nitrogens with zero attached hydrogens (tertiary/aromatic N) is 2. The van der Waals surface area contributed by atoms with Gasteiger partial charge in [-0.05, 0) is 54.5 Å². The number of hydrogen-bond donors (Lipinski definition) is 0. The maximum Gasteiger partial charge on any atom is 0.237 e. The first-order valence-electron chi connectivity index (χ1n) is 6.55. The van der Waals surface area contributed by atoms with Gasteiger partial charge in [0.2, 0.25) is 5.91 Å². The Balaban J connectivity index is 2.26. The van der Waals surface area contributed by atoms with E-state index >= 15 is 0 Å². The molecule has 1 aromatic carbocycles. The van der Waals surface area contributed by atoms with Gasteiger partial charge in [0.15, 0.2) is 5.78 Å². The van der Waals surface area contributed by atoms with Crippen LogP contribution in [-0.2, 0) is 9.59 Å². The number of carbonyl (C=O) groups is 2. The van der Waals surface area contributed by atoms with E-state index in [2.05, 4.69) is 22.6 Å². The number of ketones is 1. The fourth-order valence-electron chi connectivity index (χ4n) is 2.41. The SMILES string of the molecule is C[C@@H](C#N)C(=O)[C@@H]1CCCN(c2ccccc2I)C1=O. The maximum atomic E-state index is 12.5. The fourth-order valence-corrected chi connectivity index (χ4v) is 3.09. The van der Waals surface area contributed by atoms with Gasteiger partial charge in [0.05, 0.1) is 17.7 Å². The van der Waals surface area contributed by atoms with Gasteiger partial charge in [-0.15, -0.1) is 0 Å². The number of nitriles is 1. The minimum absolute atomic E-state index is 0.174. The highest BCUT2D eigenvalue weighted by Gasteiger charge is 2.37. The standard InChI is InChI=1S/C15H15IN2O2/c1-10(9-17)14(19)11-5-4-8-18(15(11)20)13-7-3-2-6-12(13)16/h2-3,6-7,10-11H,4-5,8H2,1H3/t10-,11-/m0/s1. The minimum Gasteiger partial charge on any atom is -0.311 e. The van der Waals surface area contributed by atoms with E-state index < -0.39 is 11.8 Å². The van der Waals surface area contributed by atoms with Gasteiger partial charge in [0.25, 0.3) is 0 Å². The average molecular weight is 382 g/mol. The summed E-state index contributed by atoms with van der Waals surface area (Å²) in [5, 5.41) is 8.85. The van der Waals surface area contributed by atoms with Crippen molar-refractivity contribution >= 4 is 40.0 Å². The summed E-state index contributed by atoms with van der Waals surface area (Å²) in [4.78, 5) is 26.3. The molecule has 1 fully saturated rings. The van der Waals surface area contributed by atoms with Crippen LogP contribution in [0.2, 0.25) is 0 Å². The van der Waals surface area contributed by atoms with Crippen LogP contribution < -0.4 is 4.90 Å². The second-order valence-corrected chi connectivity index (χ2v) is 6.05. The summed E-state index contributed by atoms with van der Waals surface area (Å²) in [5.41, 5.74) is 0.847. The molecule has 1 amide bonds. The summed E-state index contributed by atoms with van der Waals surface area (Å²) < 4.78 is 0.986. The van der Waals surface area contributed by atoms with E-state index in [-0.39, 0.29) is 11.7 Å². The summed E-state index contributed by atoms with van der Waals surface area (Å²) in [7, 11) is 0. The normalized spacial score (nSPS) is 20.4.